The zero-order chi connectivity index (χ0) is 11.3. The van der Waals surface area contributed by atoms with Crippen molar-refractivity contribution < 1.29 is 4.79 Å². The van der Waals surface area contributed by atoms with Gasteiger partial charge in [-0.15, -0.1) is 11.8 Å². The maximum atomic E-state index is 10.8. The molecule has 0 bridgehead atoms. The van der Waals surface area contributed by atoms with Gasteiger partial charge in [-0.1, -0.05) is 25.4 Å². The molecule has 0 N–H and O–H groups in total. The molecule has 0 atom stereocenters. The smallest absolute Gasteiger partial charge is 0.151 e. The second kappa shape index (κ2) is 6.19. The Morgan fingerprint density at radius 3 is 2.80 bits per heavy atom. The Bertz CT molecular complexity index is 336. The van der Waals surface area contributed by atoms with Crippen molar-refractivity contribution in [1.29, 1.82) is 0 Å². The van der Waals surface area contributed by atoms with Crippen molar-refractivity contribution in [3.63, 3.8) is 0 Å². The quantitative estimate of drug-likeness (QED) is 0.566. The Morgan fingerprint density at radius 1 is 1.47 bits per heavy atom. The minimum absolute atomic E-state index is 0.616. The summed E-state index contributed by atoms with van der Waals surface area (Å²) in [4.78, 5) is 11.8. The van der Waals surface area contributed by atoms with Gasteiger partial charge in [-0.2, -0.15) is 0 Å². The molecular formula is C12H15ClOS. The van der Waals surface area contributed by atoms with Gasteiger partial charge >= 0.3 is 0 Å². The number of carbonyl (C=O) groups excluding carboxylic acids is 1. The van der Waals surface area contributed by atoms with E-state index in [1.807, 2.05) is 12.1 Å². The number of benzene rings is 1. The molecule has 0 aromatic heterocycles. The Labute approximate surface area is 100 Å². The SMILES string of the molecule is CC(C)CCSc1ccc(Cl)cc1C=O. The fraction of sp³-hybridized carbons (Fsp3) is 0.417. The van der Waals surface area contributed by atoms with Gasteiger partial charge in [-0.3, -0.25) is 4.79 Å². The predicted octanol–water partition coefficient (Wildman–Crippen LogP) is 4.29. The van der Waals surface area contributed by atoms with Gasteiger partial charge in [0, 0.05) is 15.5 Å². The molecule has 0 amide bonds. The highest BCUT2D eigenvalue weighted by atomic mass is 35.5. The van der Waals surface area contributed by atoms with Gasteiger partial charge in [-0.05, 0) is 36.3 Å². The Hall–Kier alpha value is -0.470. The molecule has 3 heteroatoms. The first kappa shape index (κ1) is 12.6. The molecule has 0 radical (unpaired) electrons. The van der Waals surface area contributed by atoms with E-state index in [0.717, 1.165) is 23.4 Å². The maximum absolute atomic E-state index is 10.8. The van der Waals surface area contributed by atoms with Crippen molar-refractivity contribution in [2.24, 2.45) is 5.92 Å². The lowest BCUT2D eigenvalue weighted by molar-refractivity contribution is 0.112. The number of aldehydes is 1. The monoisotopic (exact) mass is 242 g/mol. The third kappa shape index (κ3) is 4.27. The molecule has 15 heavy (non-hydrogen) atoms. The van der Waals surface area contributed by atoms with Crippen LogP contribution in [0.3, 0.4) is 0 Å². The van der Waals surface area contributed by atoms with Gasteiger partial charge < -0.3 is 0 Å². The molecule has 0 fully saturated rings. The van der Waals surface area contributed by atoms with Gasteiger partial charge in [0.2, 0.25) is 0 Å². The first-order valence-corrected chi connectivity index (χ1v) is 6.37. The first-order chi connectivity index (χ1) is 7.13. The molecule has 0 aliphatic carbocycles. The number of halogens is 1. The molecule has 0 heterocycles. The van der Waals surface area contributed by atoms with Crippen molar-refractivity contribution in [1.82, 2.24) is 0 Å². The molecule has 0 saturated carbocycles. The average Bonchev–Trinajstić information content (AvgIpc) is 2.19. The molecule has 1 nitrogen and oxygen atoms in total. The van der Waals surface area contributed by atoms with Crippen molar-refractivity contribution in [2.45, 2.75) is 25.2 Å². The standard InChI is InChI=1S/C12H15ClOS/c1-9(2)5-6-15-12-4-3-11(13)7-10(12)8-14/h3-4,7-9H,5-6H2,1-2H3. The molecule has 0 aliphatic heterocycles. The van der Waals surface area contributed by atoms with E-state index >= 15 is 0 Å². The van der Waals surface area contributed by atoms with E-state index in [0.29, 0.717) is 16.5 Å². The van der Waals surface area contributed by atoms with Gasteiger partial charge in [0.15, 0.2) is 6.29 Å². The third-order valence-corrected chi connectivity index (χ3v) is 3.41. The van der Waals surface area contributed by atoms with Crippen molar-refractivity contribution in [2.75, 3.05) is 5.75 Å². The summed E-state index contributed by atoms with van der Waals surface area (Å²) in [6.45, 7) is 4.39. The molecule has 1 aromatic rings. The lowest BCUT2D eigenvalue weighted by Gasteiger charge is -2.06. The molecule has 0 unspecified atom stereocenters. The van der Waals surface area contributed by atoms with Crippen molar-refractivity contribution >= 4 is 29.6 Å². The van der Waals surface area contributed by atoms with E-state index in [1.165, 1.54) is 0 Å². The summed E-state index contributed by atoms with van der Waals surface area (Å²) in [6.07, 6.45) is 2.02. The van der Waals surface area contributed by atoms with Crippen molar-refractivity contribution in [3.05, 3.63) is 28.8 Å². The van der Waals surface area contributed by atoms with Crippen LogP contribution in [0.15, 0.2) is 23.1 Å². The van der Waals surface area contributed by atoms with Gasteiger partial charge in [-0.25, -0.2) is 0 Å². The van der Waals surface area contributed by atoms with E-state index in [1.54, 1.807) is 17.8 Å². The van der Waals surface area contributed by atoms with Crippen LogP contribution < -0.4 is 0 Å². The Kier molecular flexibility index (Phi) is 5.20. The maximum Gasteiger partial charge on any atom is 0.151 e. The lowest BCUT2D eigenvalue weighted by atomic mass is 10.2. The van der Waals surface area contributed by atoms with Crippen LogP contribution in [-0.4, -0.2) is 12.0 Å². The number of hydrogen-bond acceptors (Lipinski definition) is 2. The Balaban J connectivity index is 2.64. The predicted molar refractivity (Wildman–Crippen MR) is 67.0 cm³/mol. The van der Waals surface area contributed by atoms with Crippen molar-refractivity contribution in [3.8, 4) is 0 Å². The summed E-state index contributed by atoms with van der Waals surface area (Å²) >= 11 is 7.53. The van der Waals surface area contributed by atoms with Crippen LogP contribution in [0.4, 0.5) is 0 Å². The minimum atomic E-state index is 0.616. The number of carbonyl (C=O) groups is 1. The summed E-state index contributed by atoms with van der Waals surface area (Å²) in [5.74, 6) is 1.74. The first-order valence-electron chi connectivity index (χ1n) is 5.01. The number of hydrogen-bond donors (Lipinski definition) is 0. The zero-order valence-electron chi connectivity index (χ0n) is 9.00. The zero-order valence-corrected chi connectivity index (χ0v) is 10.6. The molecule has 0 spiro atoms. The van der Waals surface area contributed by atoms with E-state index in [4.69, 9.17) is 11.6 Å². The minimum Gasteiger partial charge on any atom is -0.298 e. The van der Waals surface area contributed by atoms with Crippen LogP contribution in [0.1, 0.15) is 30.6 Å². The van der Waals surface area contributed by atoms with Crippen LogP contribution in [0.5, 0.6) is 0 Å². The lowest BCUT2D eigenvalue weighted by Crippen LogP contribution is -1.91. The van der Waals surface area contributed by atoms with E-state index < -0.39 is 0 Å². The second-order valence-corrected chi connectivity index (χ2v) is 5.40. The number of thioether (sulfide) groups is 1. The number of rotatable bonds is 5. The highest BCUT2D eigenvalue weighted by Gasteiger charge is 2.03. The second-order valence-electron chi connectivity index (χ2n) is 3.83. The summed E-state index contributed by atoms with van der Waals surface area (Å²) in [5, 5.41) is 0.616. The molecule has 0 aliphatic rings. The topological polar surface area (TPSA) is 17.1 Å². The summed E-state index contributed by atoms with van der Waals surface area (Å²) in [6, 6.07) is 5.45. The van der Waals surface area contributed by atoms with Gasteiger partial charge in [0.25, 0.3) is 0 Å². The molecular weight excluding hydrogens is 228 g/mol. The van der Waals surface area contributed by atoms with Crippen LogP contribution >= 0.6 is 23.4 Å². The summed E-state index contributed by atoms with van der Waals surface area (Å²) in [5.41, 5.74) is 0.691. The van der Waals surface area contributed by atoms with Crippen LogP contribution in [0.2, 0.25) is 5.02 Å². The van der Waals surface area contributed by atoms with Gasteiger partial charge in [0.05, 0.1) is 0 Å². The van der Waals surface area contributed by atoms with Crippen LogP contribution in [0, 0.1) is 5.92 Å². The third-order valence-electron chi connectivity index (χ3n) is 2.05. The fourth-order valence-corrected chi connectivity index (χ4v) is 2.58. The van der Waals surface area contributed by atoms with E-state index in [9.17, 15) is 4.79 Å². The normalized spacial score (nSPS) is 10.7. The van der Waals surface area contributed by atoms with Crippen LogP contribution in [-0.2, 0) is 0 Å². The largest absolute Gasteiger partial charge is 0.298 e. The van der Waals surface area contributed by atoms with Gasteiger partial charge in [0.1, 0.15) is 0 Å². The average molecular weight is 243 g/mol. The fourth-order valence-electron chi connectivity index (χ4n) is 1.15. The Morgan fingerprint density at radius 2 is 2.20 bits per heavy atom. The molecule has 1 aromatic carbocycles. The molecule has 82 valence electrons. The molecule has 0 saturated heterocycles. The van der Waals surface area contributed by atoms with Crippen LogP contribution in [0.25, 0.3) is 0 Å². The highest BCUT2D eigenvalue weighted by molar-refractivity contribution is 7.99. The molecule has 1 rings (SSSR count). The highest BCUT2D eigenvalue weighted by Crippen LogP contribution is 2.25. The summed E-state index contributed by atoms with van der Waals surface area (Å²) in [7, 11) is 0. The summed E-state index contributed by atoms with van der Waals surface area (Å²) < 4.78 is 0. The van der Waals surface area contributed by atoms with E-state index in [-0.39, 0.29) is 0 Å². The van der Waals surface area contributed by atoms with E-state index in [2.05, 4.69) is 13.8 Å².